The molecule has 0 aliphatic carbocycles. The summed E-state index contributed by atoms with van der Waals surface area (Å²) in [4.78, 5) is 15.9. The second kappa shape index (κ2) is 5.46. The van der Waals surface area contributed by atoms with Gasteiger partial charge in [0, 0.05) is 25.2 Å². The molecule has 0 bridgehead atoms. The molecule has 0 saturated carbocycles. The summed E-state index contributed by atoms with van der Waals surface area (Å²) in [6.07, 6.45) is 3.87. The zero-order valence-electron chi connectivity index (χ0n) is 13.7. The molecule has 2 aliphatic rings. The maximum Gasteiger partial charge on any atom is 0.141 e. The number of aryl methyl sites for hydroxylation is 2. The Morgan fingerprint density at radius 3 is 2.95 bits per heavy atom. The van der Waals surface area contributed by atoms with E-state index in [9.17, 15) is 0 Å². The molecule has 2 fully saturated rings. The lowest BCUT2D eigenvalue weighted by Crippen LogP contribution is -2.56. The van der Waals surface area contributed by atoms with Gasteiger partial charge in [-0.05, 0) is 50.6 Å². The SMILES string of the molecule is CCC1CN2CCCC2CN1c1nc(C)nc2scc(C)c12. The van der Waals surface area contributed by atoms with Crippen LogP contribution in [0.25, 0.3) is 10.2 Å². The molecule has 2 unspecified atom stereocenters. The van der Waals surface area contributed by atoms with Crippen LogP contribution in [0.3, 0.4) is 0 Å². The van der Waals surface area contributed by atoms with Crippen LogP contribution in [0.4, 0.5) is 5.82 Å². The van der Waals surface area contributed by atoms with Crippen molar-refractivity contribution in [2.24, 2.45) is 0 Å². The van der Waals surface area contributed by atoms with Crippen LogP contribution in [-0.4, -0.2) is 46.6 Å². The number of piperazine rings is 1. The molecule has 2 aliphatic heterocycles. The zero-order valence-corrected chi connectivity index (χ0v) is 14.5. The van der Waals surface area contributed by atoms with E-state index in [-0.39, 0.29) is 0 Å². The summed E-state index contributed by atoms with van der Waals surface area (Å²) in [6.45, 7) is 10.1. The topological polar surface area (TPSA) is 32.3 Å². The van der Waals surface area contributed by atoms with E-state index in [1.807, 2.05) is 6.92 Å². The van der Waals surface area contributed by atoms with Crippen molar-refractivity contribution >= 4 is 27.4 Å². The van der Waals surface area contributed by atoms with Crippen molar-refractivity contribution in [3.8, 4) is 0 Å². The molecule has 4 rings (SSSR count). The van der Waals surface area contributed by atoms with Crippen LogP contribution in [0.15, 0.2) is 5.38 Å². The summed E-state index contributed by atoms with van der Waals surface area (Å²) in [5.41, 5.74) is 1.32. The fourth-order valence-electron chi connectivity index (χ4n) is 4.07. The lowest BCUT2D eigenvalue weighted by atomic mass is 10.0. The van der Waals surface area contributed by atoms with Crippen LogP contribution >= 0.6 is 11.3 Å². The molecule has 2 saturated heterocycles. The average Bonchev–Trinajstić information content (AvgIpc) is 3.11. The molecule has 4 nitrogen and oxygen atoms in total. The summed E-state index contributed by atoms with van der Waals surface area (Å²) in [7, 11) is 0. The molecule has 118 valence electrons. The molecule has 2 aromatic rings. The van der Waals surface area contributed by atoms with E-state index in [0.717, 1.165) is 17.2 Å². The van der Waals surface area contributed by atoms with E-state index >= 15 is 0 Å². The number of hydrogen-bond acceptors (Lipinski definition) is 5. The molecule has 0 aromatic carbocycles. The first-order chi connectivity index (χ1) is 10.7. The van der Waals surface area contributed by atoms with Gasteiger partial charge in [-0.2, -0.15) is 0 Å². The predicted molar refractivity (Wildman–Crippen MR) is 92.9 cm³/mol. The van der Waals surface area contributed by atoms with Gasteiger partial charge in [-0.1, -0.05) is 6.92 Å². The minimum Gasteiger partial charge on any atom is -0.350 e. The summed E-state index contributed by atoms with van der Waals surface area (Å²) < 4.78 is 0. The number of rotatable bonds is 2. The number of anilines is 1. The van der Waals surface area contributed by atoms with Gasteiger partial charge in [-0.25, -0.2) is 9.97 Å². The van der Waals surface area contributed by atoms with E-state index in [1.165, 1.54) is 49.1 Å². The lowest BCUT2D eigenvalue weighted by molar-refractivity contribution is 0.194. The van der Waals surface area contributed by atoms with Crippen molar-refractivity contribution in [1.82, 2.24) is 14.9 Å². The van der Waals surface area contributed by atoms with E-state index in [1.54, 1.807) is 11.3 Å². The molecule has 4 heterocycles. The van der Waals surface area contributed by atoms with Crippen LogP contribution in [0.2, 0.25) is 0 Å². The minimum atomic E-state index is 0.575. The summed E-state index contributed by atoms with van der Waals surface area (Å²) in [5.74, 6) is 2.08. The molecule has 0 spiro atoms. The minimum absolute atomic E-state index is 0.575. The summed E-state index contributed by atoms with van der Waals surface area (Å²) >= 11 is 1.75. The first-order valence-corrected chi connectivity index (χ1v) is 9.28. The second-order valence-corrected chi connectivity index (χ2v) is 7.56. The molecule has 2 aromatic heterocycles. The van der Waals surface area contributed by atoms with Gasteiger partial charge in [0.15, 0.2) is 0 Å². The average molecular weight is 316 g/mol. The van der Waals surface area contributed by atoms with Gasteiger partial charge in [0.2, 0.25) is 0 Å². The molecule has 0 radical (unpaired) electrons. The Morgan fingerprint density at radius 2 is 2.14 bits per heavy atom. The molecule has 5 heteroatoms. The van der Waals surface area contributed by atoms with Crippen LogP contribution in [0.1, 0.15) is 37.6 Å². The van der Waals surface area contributed by atoms with Gasteiger partial charge < -0.3 is 4.90 Å². The second-order valence-electron chi connectivity index (χ2n) is 6.70. The smallest absolute Gasteiger partial charge is 0.141 e. The van der Waals surface area contributed by atoms with Gasteiger partial charge in [0.1, 0.15) is 16.5 Å². The Bertz CT molecular complexity index is 695. The maximum atomic E-state index is 4.87. The number of fused-ring (bicyclic) bond motifs is 2. The molecule has 0 N–H and O–H groups in total. The molecular formula is C17H24N4S. The van der Waals surface area contributed by atoms with E-state index in [0.29, 0.717) is 12.1 Å². The van der Waals surface area contributed by atoms with Crippen molar-refractivity contribution in [2.45, 2.75) is 52.1 Å². The monoisotopic (exact) mass is 316 g/mol. The van der Waals surface area contributed by atoms with Crippen LogP contribution in [0, 0.1) is 13.8 Å². The van der Waals surface area contributed by atoms with E-state index < -0.39 is 0 Å². The van der Waals surface area contributed by atoms with Crippen molar-refractivity contribution in [1.29, 1.82) is 0 Å². The summed E-state index contributed by atoms with van der Waals surface area (Å²) in [6, 6.07) is 1.29. The Balaban J connectivity index is 1.80. The van der Waals surface area contributed by atoms with Gasteiger partial charge in [-0.3, -0.25) is 4.90 Å². The highest BCUT2D eigenvalue weighted by atomic mass is 32.1. The first kappa shape index (κ1) is 14.4. The fourth-order valence-corrected chi connectivity index (χ4v) is 5.03. The molecule has 2 atom stereocenters. The zero-order chi connectivity index (χ0) is 15.3. The number of nitrogens with zero attached hydrogens (tertiary/aromatic N) is 4. The predicted octanol–water partition coefficient (Wildman–Crippen LogP) is 3.37. The molecule has 0 amide bonds. The van der Waals surface area contributed by atoms with Crippen LogP contribution < -0.4 is 4.90 Å². The Morgan fingerprint density at radius 1 is 1.27 bits per heavy atom. The van der Waals surface area contributed by atoms with Crippen LogP contribution in [0.5, 0.6) is 0 Å². The number of aromatic nitrogens is 2. The number of hydrogen-bond donors (Lipinski definition) is 0. The third-order valence-corrected chi connectivity index (χ3v) is 6.24. The lowest BCUT2D eigenvalue weighted by Gasteiger charge is -2.44. The normalized spacial score (nSPS) is 25.9. The van der Waals surface area contributed by atoms with Gasteiger partial charge in [-0.15, -0.1) is 11.3 Å². The maximum absolute atomic E-state index is 4.87. The third kappa shape index (κ3) is 2.22. The van der Waals surface area contributed by atoms with E-state index in [4.69, 9.17) is 4.98 Å². The Kier molecular flexibility index (Phi) is 3.57. The van der Waals surface area contributed by atoms with Crippen molar-refractivity contribution in [3.05, 3.63) is 16.8 Å². The Labute approximate surface area is 136 Å². The van der Waals surface area contributed by atoms with E-state index in [2.05, 4.69) is 34.0 Å². The quantitative estimate of drug-likeness (QED) is 0.850. The summed E-state index contributed by atoms with van der Waals surface area (Å²) in [5, 5.41) is 3.50. The Hall–Kier alpha value is -1.20. The fraction of sp³-hybridized carbons (Fsp3) is 0.647. The van der Waals surface area contributed by atoms with Crippen molar-refractivity contribution < 1.29 is 0 Å². The molecular weight excluding hydrogens is 292 g/mol. The van der Waals surface area contributed by atoms with Gasteiger partial charge in [0.05, 0.1) is 5.39 Å². The van der Waals surface area contributed by atoms with Gasteiger partial charge in [0.25, 0.3) is 0 Å². The largest absolute Gasteiger partial charge is 0.350 e. The van der Waals surface area contributed by atoms with Crippen molar-refractivity contribution in [3.63, 3.8) is 0 Å². The standard InChI is InChI=1S/C17H24N4S/c1-4-13-8-20-7-5-6-14(20)9-21(13)16-15-11(2)10-22-17(15)19-12(3)18-16/h10,13-14H,4-9H2,1-3H3. The van der Waals surface area contributed by atoms with Gasteiger partial charge >= 0.3 is 0 Å². The highest BCUT2D eigenvalue weighted by Gasteiger charge is 2.37. The highest BCUT2D eigenvalue weighted by molar-refractivity contribution is 7.17. The highest BCUT2D eigenvalue weighted by Crippen LogP contribution is 2.36. The first-order valence-electron chi connectivity index (χ1n) is 8.40. The third-order valence-electron chi connectivity index (χ3n) is 5.25. The van der Waals surface area contributed by atoms with Crippen LogP contribution in [-0.2, 0) is 0 Å². The molecule has 22 heavy (non-hydrogen) atoms. The number of thiophene rings is 1. The van der Waals surface area contributed by atoms with Crippen molar-refractivity contribution in [2.75, 3.05) is 24.5 Å².